The van der Waals surface area contributed by atoms with Crippen molar-refractivity contribution in [1.29, 1.82) is 10.5 Å². The van der Waals surface area contributed by atoms with Crippen LogP contribution in [-0.2, 0) is 57.5 Å². The molecule has 3 saturated heterocycles. The average molecular weight is 1610 g/mol. The molecule has 16 N–H and O–H groups in total. The van der Waals surface area contributed by atoms with Crippen LogP contribution in [-0.4, -0.2) is 308 Å². The Morgan fingerprint density at radius 2 is 0.983 bits per heavy atom. The van der Waals surface area contributed by atoms with Crippen LogP contribution in [0, 0.1) is 22.7 Å². The molecule has 43 heteroatoms. The molecule has 2 aromatic heterocycles. The quantitative estimate of drug-likeness (QED) is 0.0106. The summed E-state index contributed by atoms with van der Waals surface area (Å²) >= 11 is 0. The zero-order valence-corrected chi connectivity index (χ0v) is 62.5. The van der Waals surface area contributed by atoms with Gasteiger partial charge in [0.1, 0.15) is 24.2 Å². The van der Waals surface area contributed by atoms with Crippen LogP contribution in [0.15, 0.2) is 72.8 Å². The first-order valence-electron chi connectivity index (χ1n) is 36.5. The first-order chi connectivity index (χ1) is 54.6. The van der Waals surface area contributed by atoms with E-state index in [0.717, 1.165) is 0 Å². The third kappa shape index (κ3) is 28.7. The van der Waals surface area contributed by atoms with Gasteiger partial charge in [0, 0.05) is 152 Å². The number of halogens is 4. The minimum atomic E-state index is -3.28. The van der Waals surface area contributed by atoms with Crippen molar-refractivity contribution < 1.29 is 105 Å². The second-order valence-electron chi connectivity index (χ2n) is 27.4. The number of carbonyl (C=O) groups is 14. The van der Waals surface area contributed by atoms with Crippen molar-refractivity contribution >= 4 is 116 Å². The lowest BCUT2D eigenvalue weighted by Crippen LogP contribution is -2.52. The van der Waals surface area contributed by atoms with Crippen molar-refractivity contribution in [3.05, 3.63) is 83.9 Å². The highest BCUT2D eigenvalue weighted by Crippen LogP contribution is 2.34. The molecule has 10 amide bonds. The Labute approximate surface area is 655 Å². The first-order valence-corrected chi connectivity index (χ1v) is 36.5. The topological polar surface area (TPSA) is 564 Å². The lowest BCUT2D eigenvalue weighted by Gasteiger charge is -2.35. The van der Waals surface area contributed by atoms with E-state index in [1.54, 1.807) is 17.0 Å². The third-order valence-electron chi connectivity index (χ3n) is 18.7. The summed E-state index contributed by atoms with van der Waals surface area (Å²) in [6.45, 7) is -4.86. The molecule has 4 atom stereocenters. The zero-order chi connectivity index (χ0) is 84.1. The number of benzene rings is 2. The van der Waals surface area contributed by atoms with Gasteiger partial charge in [-0.3, -0.25) is 96.7 Å². The number of unbranched alkanes of at least 4 members (excludes halogenated alkanes) is 1. The fourth-order valence-corrected chi connectivity index (χ4v) is 13.0. The number of pyridine rings is 2. The smallest absolute Gasteiger partial charge is 0.320 e. The van der Waals surface area contributed by atoms with Crippen LogP contribution in [0.1, 0.15) is 91.3 Å². The van der Waals surface area contributed by atoms with Crippen LogP contribution in [0.25, 0.3) is 21.8 Å². The maximum atomic E-state index is 14.0. The van der Waals surface area contributed by atoms with Gasteiger partial charge < -0.3 is 83.5 Å². The third-order valence-corrected chi connectivity index (χ3v) is 18.7. The van der Waals surface area contributed by atoms with Gasteiger partial charge in [-0.05, 0) is 49.9 Å². The highest BCUT2D eigenvalue weighted by molar-refractivity contribution is 6.12. The van der Waals surface area contributed by atoms with Gasteiger partial charge in [0.15, 0.2) is 0 Å². The molecular formula is C72H91F4N21O18. The number of nitrogens with two attached hydrogens (primary N) is 2. The number of carbonyl (C=O) groups excluding carboxylic acids is 10. The molecule has 2 aromatic carbocycles. The maximum absolute atomic E-state index is 14.0. The van der Waals surface area contributed by atoms with E-state index in [0.29, 0.717) is 9.80 Å². The predicted octanol–water partition coefficient (Wildman–Crippen LogP) is -1.41. The molecule has 1 unspecified atom stereocenters. The van der Waals surface area contributed by atoms with Gasteiger partial charge in [-0.25, -0.2) is 23.4 Å². The SMILES string of the molecule is N#C[C@@H]1CC(F)(F)CN1C(=O)CNC(=O)c1ccnc2c(NC(=O)CCC(=O)NC/C(N)=C/N(N)CCCC[C@H](NC(=O)CCC(=O)Nc3cccc4c(C(=O)NCC(=O)N5CC(F)(F)C[C@H]5C#N)ccnc34)C(=O)NCCNC(=O)CCC(C(=O)O)N3CCN(CC(=O)O)CCN(CC(=O)O)CCN(CC(=O)O)CC3)cccc12. The van der Waals surface area contributed by atoms with Gasteiger partial charge in [0.05, 0.1) is 98.0 Å². The number of para-hydroxylation sites is 2. The summed E-state index contributed by atoms with van der Waals surface area (Å²) in [6, 6.07) is 9.64. The van der Waals surface area contributed by atoms with E-state index in [1.165, 1.54) is 86.8 Å². The lowest BCUT2D eigenvalue weighted by molar-refractivity contribution is -0.145. The summed E-state index contributed by atoms with van der Waals surface area (Å²) in [5.41, 5.74) is 6.84. The number of hydrogen-bond acceptors (Lipinski definition) is 25. The standard InChI is InChI=1S/C72H91F4N21O18/c73-71(74)31-45(33-77)96(42-71)60(103)36-86-67(111)49-16-18-82-65-47(49)5-3-8-51(65)88-57(100)13-12-56(99)85-35-44(79)38-95(80)22-2-1-7-53(90-59(102)15-14-58(101)89-52-9-4-6-48-50(17-19-83-66(48)52)68(112)87-37-61(104)97-43-72(75,76)32-46(97)34-78)69(113)84-21-20-81-55(98)11-10-54(70(114)115)94-29-27-92(40-63(107)108)25-23-91(39-62(105)106)24-26-93(28-30-94)41-64(109)110/h3-6,8-9,16-19,38,45-46,53-54H,1-2,7,10-15,20-32,35-37,39-43,79-80H2,(H,81,98)(H,84,113)(H,85,99)(H,86,111)(H,87,112)(H,88,100)(H,89,101)(H,90,102)(H,105,106)(H,107,108)(H,109,110)(H,114,115)/b44-38-/t45-,46-,53-,54?/m0/s1. The fourth-order valence-electron chi connectivity index (χ4n) is 13.0. The second kappa shape index (κ2) is 43.1. The van der Waals surface area contributed by atoms with Crippen molar-refractivity contribution in [2.45, 2.75) is 107 Å². The number of anilines is 2. The van der Waals surface area contributed by atoms with Gasteiger partial charge in [-0.1, -0.05) is 24.3 Å². The Kier molecular flexibility index (Phi) is 33.7. The summed E-state index contributed by atoms with van der Waals surface area (Å²) < 4.78 is 56.0. The van der Waals surface area contributed by atoms with E-state index in [1.807, 2.05) is 0 Å². The molecule has 620 valence electrons. The molecule has 3 aliphatic rings. The summed E-state index contributed by atoms with van der Waals surface area (Å²) in [5, 5.41) is 80.0. The first kappa shape index (κ1) is 89.9. The van der Waals surface area contributed by atoms with Gasteiger partial charge in [0.2, 0.25) is 47.3 Å². The Bertz CT molecular complexity index is 4340. The molecule has 5 heterocycles. The number of nitrogens with zero attached hydrogens (tertiary/aromatic N) is 11. The number of nitrogens with one attached hydrogen (secondary N) is 8. The monoisotopic (exact) mass is 1610 g/mol. The van der Waals surface area contributed by atoms with E-state index in [2.05, 4.69) is 52.5 Å². The molecule has 0 saturated carbocycles. The Morgan fingerprint density at radius 3 is 1.43 bits per heavy atom. The van der Waals surface area contributed by atoms with Gasteiger partial charge in [-0.15, -0.1) is 0 Å². The number of nitriles is 2. The summed E-state index contributed by atoms with van der Waals surface area (Å²) in [6.07, 6.45) is 0.443. The van der Waals surface area contributed by atoms with Crippen LogP contribution < -0.4 is 54.1 Å². The normalized spacial score (nSPS) is 17.4. The van der Waals surface area contributed by atoms with E-state index >= 15 is 0 Å². The van der Waals surface area contributed by atoms with Crippen LogP contribution in [0.5, 0.6) is 0 Å². The number of fused-ring (bicyclic) bond motifs is 2. The van der Waals surface area contributed by atoms with Crippen molar-refractivity contribution in [2.75, 3.05) is 135 Å². The Hall–Kier alpha value is -12.3. The average Bonchev–Trinajstić information content (AvgIpc) is 1.32. The number of aromatic nitrogens is 2. The molecule has 3 fully saturated rings. The van der Waals surface area contributed by atoms with E-state index < -0.39 is 190 Å². The van der Waals surface area contributed by atoms with E-state index in [9.17, 15) is 116 Å². The largest absolute Gasteiger partial charge is 0.480 e. The van der Waals surface area contributed by atoms with E-state index in [-0.39, 0.29) is 173 Å². The van der Waals surface area contributed by atoms with Gasteiger partial charge in [-0.2, -0.15) is 10.5 Å². The van der Waals surface area contributed by atoms with Crippen LogP contribution in [0.2, 0.25) is 0 Å². The molecule has 0 radical (unpaired) electrons. The predicted molar refractivity (Wildman–Crippen MR) is 398 cm³/mol. The Balaban J connectivity index is 0.916. The maximum Gasteiger partial charge on any atom is 0.320 e. The number of rotatable bonds is 38. The number of amides is 10. The highest BCUT2D eigenvalue weighted by atomic mass is 19.3. The molecule has 3 aliphatic heterocycles. The molecular weight excluding hydrogens is 1520 g/mol. The summed E-state index contributed by atoms with van der Waals surface area (Å²) in [7, 11) is 0. The summed E-state index contributed by atoms with van der Waals surface area (Å²) in [4.78, 5) is 197. The van der Waals surface area contributed by atoms with Crippen molar-refractivity contribution in [2.24, 2.45) is 11.6 Å². The number of hydrazine groups is 1. The van der Waals surface area contributed by atoms with E-state index in [4.69, 9.17) is 11.6 Å². The minimum Gasteiger partial charge on any atom is -0.480 e. The Morgan fingerprint density at radius 1 is 0.548 bits per heavy atom. The number of likely N-dealkylation sites (tertiary alicyclic amines) is 2. The lowest BCUT2D eigenvalue weighted by atomic mass is 10.1. The zero-order valence-electron chi connectivity index (χ0n) is 62.5. The number of alkyl halides is 4. The molecule has 115 heavy (non-hydrogen) atoms. The number of aliphatic carboxylic acids is 4. The highest BCUT2D eigenvalue weighted by Gasteiger charge is 2.48. The molecule has 4 aromatic rings. The molecule has 0 aliphatic carbocycles. The van der Waals surface area contributed by atoms with Crippen LogP contribution in [0.3, 0.4) is 0 Å². The molecule has 0 bridgehead atoms. The van der Waals surface area contributed by atoms with Gasteiger partial charge in [0.25, 0.3) is 23.7 Å². The number of carboxylic acid groups (broad SMARTS) is 4. The van der Waals surface area contributed by atoms with Crippen molar-refractivity contribution in [1.82, 2.24) is 76.3 Å². The van der Waals surface area contributed by atoms with Gasteiger partial charge >= 0.3 is 23.9 Å². The molecule has 0 spiro atoms. The summed E-state index contributed by atoms with van der Waals surface area (Å²) in [5.74, 6) is -12.5. The number of carboxylic acids is 4. The number of hydrogen-bond donors (Lipinski definition) is 14. The second-order valence-corrected chi connectivity index (χ2v) is 27.4. The molecule has 7 rings (SSSR count). The fraction of sp³-hybridized carbons (Fsp3) is 0.500. The molecule has 39 nitrogen and oxygen atoms in total. The minimum absolute atomic E-state index is 0.0106. The van der Waals surface area contributed by atoms with Crippen LogP contribution in [0.4, 0.5) is 28.9 Å². The van der Waals surface area contributed by atoms with Crippen molar-refractivity contribution in [3.63, 3.8) is 0 Å². The van der Waals surface area contributed by atoms with Crippen LogP contribution >= 0.6 is 0 Å². The van der Waals surface area contributed by atoms with Crippen molar-refractivity contribution in [3.8, 4) is 12.1 Å².